The Morgan fingerprint density at radius 2 is 1.18 bits per heavy atom. The van der Waals surface area contributed by atoms with E-state index in [0.717, 1.165) is 5.21 Å². The van der Waals surface area contributed by atoms with Gasteiger partial charge in [0.1, 0.15) is 0 Å². The Morgan fingerprint density at radius 1 is 0.765 bits per heavy atom. The second kappa shape index (κ2) is 7.81. The van der Waals surface area contributed by atoms with Gasteiger partial charge in [-0.2, -0.15) is 0 Å². The van der Waals surface area contributed by atoms with Crippen molar-refractivity contribution in [1.82, 2.24) is 0 Å². The van der Waals surface area contributed by atoms with Gasteiger partial charge >= 0.3 is 114 Å². The molecule has 0 spiro atoms. The van der Waals surface area contributed by atoms with Crippen molar-refractivity contribution in [1.29, 1.82) is 0 Å². The molecule has 0 N–H and O–H groups in total. The molecule has 0 aromatic carbocycles. The first-order valence-corrected chi connectivity index (χ1v) is 8.63. The molecule has 2 aliphatic rings. The summed E-state index contributed by atoms with van der Waals surface area (Å²) < 4.78 is 12.2. The van der Waals surface area contributed by atoms with Gasteiger partial charge in [-0.3, -0.25) is 0 Å². The molecule has 0 aliphatic heterocycles. The van der Waals surface area contributed by atoms with Crippen molar-refractivity contribution in [3.8, 4) is 0 Å². The van der Waals surface area contributed by atoms with Crippen molar-refractivity contribution in [2.24, 2.45) is 0 Å². The van der Waals surface area contributed by atoms with E-state index in [1.165, 1.54) is 64.2 Å². The van der Waals surface area contributed by atoms with E-state index in [2.05, 4.69) is 16.9 Å². The fraction of sp³-hybridized carbons (Fsp3) is 1.00. The van der Waals surface area contributed by atoms with E-state index in [9.17, 15) is 0 Å². The van der Waals surface area contributed by atoms with Gasteiger partial charge in [0, 0.05) is 0 Å². The van der Waals surface area contributed by atoms with Crippen LogP contribution in [-0.4, -0.2) is 35.4 Å². The van der Waals surface area contributed by atoms with Crippen LogP contribution in [0.5, 0.6) is 0 Å². The Bertz CT molecular complexity index is 178. The number of ether oxygens (including phenoxy) is 2. The van der Waals surface area contributed by atoms with Gasteiger partial charge in [-0.1, -0.05) is 0 Å². The van der Waals surface area contributed by atoms with Crippen LogP contribution < -0.4 is 0 Å². The third-order valence-electron chi connectivity index (χ3n) is 3.94. The average Bonchev–Trinajstić information content (AvgIpc) is 2.40. The number of hydrogen-bond donors (Lipinski definition) is 0. The van der Waals surface area contributed by atoms with Crippen LogP contribution in [0.25, 0.3) is 0 Å². The van der Waals surface area contributed by atoms with E-state index >= 15 is 0 Å². The Morgan fingerprint density at radius 3 is 1.53 bits per heavy atom. The number of rotatable bonds is 5. The maximum atomic E-state index is 6.11. The maximum absolute atomic E-state index is 6.11. The van der Waals surface area contributed by atoms with Crippen LogP contribution in [-0.2, 0) is 9.47 Å². The van der Waals surface area contributed by atoms with E-state index in [4.69, 9.17) is 9.47 Å². The molecule has 2 fully saturated rings. The zero-order chi connectivity index (χ0) is 11.9. The molecule has 0 aromatic heterocycles. The molecule has 2 nitrogen and oxygen atoms in total. The predicted octanol–water partition coefficient (Wildman–Crippen LogP) is 3.60. The molecule has 0 atom stereocenters. The summed E-state index contributed by atoms with van der Waals surface area (Å²) in [4.78, 5) is 0. The fourth-order valence-corrected chi connectivity index (χ4v) is 3.31. The van der Waals surface area contributed by atoms with E-state index in [-0.39, 0.29) is 6.29 Å². The molecular formula is C14H25AsO2. The molecule has 3 heteroatoms. The molecule has 0 amide bonds. The summed E-state index contributed by atoms with van der Waals surface area (Å²) in [5.74, 6) is 0. The zero-order valence-corrected chi connectivity index (χ0v) is 12.7. The van der Waals surface area contributed by atoms with Crippen molar-refractivity contribution >= 4 is 16.9 Å². The van der Waals surface area contributed by atoms with Crippen LogP contribution in [0.1, 0.15) is 64.2 Å². The summed E-state index contributed by atoms with van der Waals surface area (Å²) >= 11 is 2.62. The van der Waals surface area contributed by atoms with Crippen molar-refractivity contribution in [2.45, 2.75) is 87.9 Å². The quantitative estimate of drug-likeness (QED) is 0.570. The Kier molecular flexibility index (Phi) is 6.39. The van der Waals surface area contributed by atoms with Crippen molar-refractivity contribution < 1.29 is 9.47 Å². The monoisotopic (exact) mass is 300 g/mol. The molecule has 0 aromatic rings. The van der Waals surface area contributed by atoms with Gasteiger partial charge < -0.3 is 0 Å². The summed E-state index contributed by atoms with van der Waals surface area (Å²) in [6.45, 7) is 0. The Hall–Kier alpha value is 0.478. The van der Waals surface area contributed by atoms with E-state index in [1.807, 2.05) is 0 Å². The van der Waals surface area contributed by atoms with Gasteiger partial charge in [-0.15, -0.1) is 0 Å². The molecule has 0 bridgehead atoms. The third kappa shape index (κ3) is 4.93. The first kappa shape index (κ1) is 13.9. The predicted molar refractivity (Wildman–Crippen MR) is 70.3 cm³/mol. The molecule has 2 saturated carbocycles. The van der Waals surface area contributed by atoms with Crippen LogP contribution in [0, 0.1) is 0 Å². The molecule has 2 radical (unpaired) electrons. The standard InChI is InChI=1S/C14H25AsO2/c15-11-14(16-12-7-3-1-4-8-12)17-13-9-5-2-6-10-13/h12-14H,1-11H2. The van der Waals surface area contributed by atoms with Crippen LogP contribution in [0.2, 0.25) is 5.21 Å². The molecule has 2 aliphatic carbocycles. The first-order valence-electron chi connectivity index (χ1n) is 7.30. The van der Waals surface area contributed by atoms with E-state index < -0.39 is 0 Å². The summed E-state index contributed by atoms with van der Waals surface area (Å²) in [7, 11) is 0. The SMILES string of the molecule is [As]CC(OC1CCCCC1)OC1CCCCC1. The normalized spacial score (nSPS) is 24.4. The molecule has 17 heavy (non-hydrogen) atoms. The van der Waals surface area contributed by atoms with Gasteiger partial charge in [-0.05, 0) is 0 Å². The fourth-order valence-electron chi connectivity index (χ4n) is 2.95. The molecule has 0 heterocycles. The van der Waals surface area contributed by atoms with E-state index in [1.54, 1.807) is 0 Å². The molecule has 0 unspecified atom stereocenters. The Labute approximate surface area is 114 Å². The van der Waals surface area contributed by atoms with Crippen LogP contribution in [0.3, 0.4) is 0 Å². The van der Waals surface area contributed by atoms with Crippen LogP contribution in [0.4, 0.5) is 0 Å². The molecule has 2 rings (SSSR count). The summed E-state index contributed by atoms with van der Waals surface area (Å²) in [5, 5.41) is 0.931. The number of hydrogen-bond acceptors (Lipinski definition) is 2. The van der Waals surface area contributed by atoms with Crippen molar-refractivity contribution in [2.75, 3.05) is 0 Å². The molecule has 0 saturated heterocycles. The van der Waals surface area contributed by atoms with Gasteiger partial charge in [0.2, 0.25) is 0 Å². The van der Waals surface area contributed by atoms with Gasteiger partial charge in [-0.25, -0.2) is 0 Å². The second-order valence-electron chi connectivity index (χ2n) is 5.40. The van der Waals surface area contributed by atoms with E-state index in [0.29, 0.717) is 12.2 Å². The summed E-state index contributed by atoms with van der Waals surface area (Å²) in [6, 6.07) is 0. The van der Waals surface area contributed by atoms with Crippen LogP contribution >= 0.6 is 0 Å². The van der Waals surface area contributed by atoms with Gasteiger partial charge in [0.15, 0.2) is 0 Å². The van der Waals surface area contributed by atoms with Gasteiger partial charge in [0.25, 0.3) is 0 Å². The molecule has 98 valence electrons. The van der Waals surface area contributed by atoms with Gasteiger partial charge in [0.05, 0.1) is 0 Å². The van der Waals surface area contributed by atoms with Crippen LogP contribution in [0.15, 0.2) is 0 Å². The van der Waals surface area contributed by atoms with Crippen molar-refractivity contribution in [3.63, 3.8) is 0 Å². The van der Waals surface area contributed by atoms with Crippen molar-refractivity contribution in [3.05, 3.63) is 0 Å². The molecular weight excluding hydrogens is 275 g/mol. The summed E-state index contributed by atoms with van der Waals surface area (Å²) in [6.07, 6.45) is 14.0. The Balaban J connectivity index is 1.71. The summed E-state index contributed by atoms with van der Waals surface area (Å²) in [5.41, 5.74) is 0. The minimum atomic E-state index is 0.0289. The zero-order valence-electron chi connectivity index (χ0n) is 10.8. The second-order valence-corrected chi connectivity index (χ2v) is 6.17. The average molecular weight is 300 g/mol. The third-order valence-corrected chi connectivity index (χ3v) is 4.57. The topological polar surface area (TPSA) is 18.5 Å². The first-order chi connectivity index (χ1) is 8.38. The minimum absolute atomic E-state index is 0.0289.